The van der Waals surface area contributed by atoms with Gasteiger partial charge in [-0.05, 0) is 45.8 Å². The predicted molar refractivity (Wildman–Crippen MR) is 85.0 cm³/mol. The minimum Gasteiger partial charge on any atom is -0.495 e. The largest absolute Gasteiger partial charge is 0.495 e. The van der Waals surface area contributed by atoms with E-state index in [1.54, 1.807) is 6.07 Å². The van der Waals surface area contributed by atoms with Crippen LogP contribution >= 0.6 is 27.3 Å². The number of thiophene rings is 1. The van der Waals surface area contributed by atoms with Crippen LogP contribution in [0.4, 0.5) is 0 Å². The lowest BCUT2D eigenvalue weighted by molar-refractivity contribution is 0.280. The van der Waals surface area contributed by atoms with Gasteiger partial charge >= 0.3 is 0 Å². The van der Waals surface area contributed by atoms with E-state index in [1.807, 2.05) is 12.1 Å². The Balaban J connectivity index is 2.22. The topological polar surface area (TPSA) is 75.6 Å². The Bertz CT molecular complexity index is 728. The van der Waals surface area contributed by atoms with Gasteiger partial charge in [-0.1, -0.05) is 6.07 Å². The molecule has 1 heterocycles. The van der Waals surface area contributed by atoms with Crippen LogP contribution in [0.1, 0.15) is 10.4 Å². The lowest BCUT2D eigenvalue weighted by Gasteiger charge is -2.11. The van der Waals surface area contributed by atoms with Crippen molar-refractivity contribution in [3.8, 4) is 5.75 Å². The molecule has 0 fully saturated rings. The van der Waals surface area contributed by atoms with Gasteiger partial charge in [0.1, 0.15) is 10.6 Å². The Morgan fingerprint density at radius 1 is 1.33 bits per heavy atom. The van der Waals surface area contributed by atoms with Crippen molar-refractivity contribution in [2.24, 2.45) is 0 Å². The molecule has 8 heteroatoms. The van der Waals surface area contributed by atoms with E-state index in [0.29, 0.717) is 5.56 Å². The van der Waals surface area contributed by atoms with Crippen molar-refractivity contribution in [1.29, 1.82) is 0 Å². The van der Waals surface area contributed by atoms with Crippen molar-refractivity contribution in [2.75, 3.05) is 7.11 Å². The van der Waals surface area contributed by atoms with E-state index in [9.17, 15) is 8.42 Å². The second kappa shape index (κ2) is 6.89. The summed E-state index contributed by atoms with van der Waals surface area (Å²) in [5.74, 6) is 0.210. The van der Waals surface area contributed by atoms with Crippen LogP contribution in [0.3, 0.4) is 0 Å². The molecule has 0 spiro atoms. The van der Waals surface area contributed by atoms with E-state index in [0.717, 1.165) is 8.66 Å². The maximum atomic E-state index is 12.3. The molecule has 2 rings (SSSR count). The predicted octanol–water partition coefficient (Wildman–Crippen LogP) is 2.49. The lowest BCUT2D eigenvalue weighted by atomic mass is 10.2. The Morgan fingerprint density at radius 3 is 2.67 bits per heavy atom. The number of methoxy groups -OCH3 is 1. The average Bonchev–Trinajstić information content (AvgIpc) is 2.90. The molecule has 0 atom stereocenters. The van der Waals surface area contributed by atoms with Crippen LogP contribution in [0.15, 0.2) is 39.0 Å². The van der Waals surface area contributed by atoms with Gasteiger partial charge in [0.05, 0.1) is 17.5 Å². The highest BCUT2D eigenvalue weighted by atomic mass is 79.9. The fourth-order valence-electron chi connectivity index (χ4n) is 1.72. The van der Waals surface area contributed by atoms with Gasteiger partial charge in [-0.15, -0.1) is 11.3 Å². The third-order valence-corrected chi connectivity index (χ3v) is 5.83. The van der Waals surface area contributed by atoms with Gasteiger partial charge in [-0.3, -0.25) is 0 Å². The maximum absolute atomic E-state index is 12.3. The van der Waals surface area contributed by atoms with E-state index >= 15 is 0 Å². The van der Waals surface area contributed by atoms with Crippen molar-refractivity contribution in [3.05, 3.63) is 44.6 Å². The Hall–Kier alpha value is -0.930. The van der Waals surface area contributed by atoms with Crippen LogP contribution in [0.2, 0.25) is 0 Å². The first-order chi connectivity index (χ1) is 9.96. The molecule has 1 aromatic carbocycles. The number of sulfonamides is 1. The quantitative estimate of drug-likeness (QED) is 0.792. The SMILES string of the molecule is COc1cc(CO)ccc1S(=O)(=O)NCc1ccc(Br)s1. The summed E-state index contributed by atoms with van der Waals surface area (Å²) >= 11 is 4.80. The van der Waals surface area contributed by atoms with Gasteiger partial charge in [-0.25, -0.2) is 13.1 Å². The number of hydrogen-bond donors (Lipinski definition) is 2. The summed E-state index contributed by atoms with van der Waals surface area (Å²) in [6.45, 7) is 0.0385. The fourth-order valence-corrected chi connectivity index (χ4v) is 4.39. The molecule has 0 saturated carbocycles. The number of aliphatic hydroxyl groups is 1. The van der Waals surface area contributed by atoms with Gasteiger partial charge in [0.25, 0.3) is 0 Å². The highest BCUT2D eigenvalue weighted by Crippen LogP contribution is 2.26. The average molecular weight is 392 g/mol. The van der Waals surface area contributed by atoms with E-state index in [-0.39, 0.29) is 23.8 Å². The smallest absolute Gasteiger partial charge is 0.244 e. The molecule has 1 aromatic heterocycles. The van der Waals surface area contributed by atoms with Crippen molar-refractivity contribution in [1.82, 2.24) is 4.72 Å². The number of halogens is 1. The van der Waals surface area contributed by atoms with Crippen molar-refractivity contribution >= 4 is 37.3 Å². The van der Waals surface area contributed by atoms with E-state index in [4.69, 9.17) is 9.84 Å². The van der Waals surface area contributed by atoms with Gasteiger partial charge in [0.15, 0.2) is 0 Å². The first-order valence-electron chi connectivity index (χ1n) is 5.98. The van der Waals surface area contributed by atoms with Gasteiger partial charge in [0.2, 0.25) is 10.0 Å². The molecule has 0 unspecified atom stereocenters. The van der Waals surface area contributed by atoms with Crippen molar-refractivity contribution < 1.29 is 18.3 Å². The van der Waals surface area contributed by atoms with Crippen LogP contribution < -0.4 is 9.46 Å². The van der Waals surface area contributed by atoms with Crippen LogP contribution in [0.5, 0.6) is 5.75 Å². The van der Waals surface area contributed by atoms with E-state index in [2.05, 4.69) is 20.7 Å². The Morgan fingerprint density at radius 2 is 2.10 bits per heavy atom. The molecule has 2 N–H and O–H groups in total. The summed E-state index contributed by atoms with van der Waals surface area (Å²) in [6, 6.07) is 8.21. The molecule has 0 radical (unpaired) electrons. The summed E-state index contributed by atoms with van der Waals surface area (Å²) in [4.78, 5) is 0.953. The van der Waals surface area contributed by atoms with Gasteiger partial charge in [-0.2, -0.15) is 0 Å². The van der Waals surface area contributed by atoms with Crippen LogP contribution in [0, 0.1) is 0 Å². The second-order valence-corrected chi connectivity index (χ2v) is 8.46. The minimum atomic E-state index is -3.68. The van der Waals surface area contributed by atoms with Crippen molar-refractivity contribution in [3.63, 3.8) is 0 Å². The van der Waals surface area contributed by atoms with Crippen LogP contribution in [0.25, 0.3) is 0 Å². The zero-order valence-electron chi connectivity index (χ0n) is 11.2. The third kappa shape index (κ3) is 4.04. The van der Waals surface area contributed by atoms with E-state index in [1.165, 1.54) is 30.6 Å². The zero-order chi connectivity index (χ0) is 15.5. The number of hydrogen-bond acceptors (Lipinski definition) is 5. The van der Waals surface area contributed by atoms with Gasteiger partial charge in [0, 0.05) is 11.4 Å². The van der Waals surface area contributed by atoms with E-state index < -0.39 is 10.0 Å². The molecular formula is C13H14BrNO4S2. The number of aliphatic hydroxyl groups excluding tert-OH is 1. The molecule has 0 aliphatic rings. The molecule has 0 aliphatic carbocycles. The van der Waals surface area contributed by atoms with Crippen LogP contribution in [-0.2, 0) is 23.2 Å². The first kappa shape index (κ1) is 16.4. The zero-order valence-corrected chi connectivity index (χ0v) is 14.4. The van der Waals surface area contributed by atoms with Crippen molar-refractivity contribution in [2.45, 2.75) is 18.0 Å². The number of ether oxygens (including phenoxy) is 1. The lowest BCUT2D eigenvalue weighted by Crippen LogP contribution is -2.23. The molecule has 114 valence electrons. The maximum Gasteiger partial charge on any atom is 0.244 e. The van der Waals surface area contributed by atoms with Gasteiger partial charge < -0.3 is 9.84 Å². The minimum absolute atomic E-state index is 0.0535. The summed E-state index contributed by atoms with van der Waals surface area (Å²) in [5.41, 5.74) is 0.591. The molecule has 0 saturated heterocycles. The monoisotopic (exact) mass is 391 g/mol. The molecule has 5 nitrogen and oxygen atoms in total. The molecule has 0 aliphatic heterocycles. The summed E-state index contributed by atoms with van der Waals surface area (Å²) < 4.78 is 33.2. The normalized spacial score (nSPS) is 11.6. The Kier molecular flexibility index (Phi) is 5.39. The number of nitrogens with one attached hydrogen (secondary N) is 1. The summed E-state index contributed by atoms with van der Waals surface area (Å²) in [5, 5.41) is 9.08. The second-order valence-electron chi connectivity index (χ2n) is 4.17. The number of benzene rings is 1. The van der Waals surface area contributed by atoms with Crippen LogP contribution in [-0.4, -0.2) is 20.6 Å². The summed E-state index contributed by atoms with van der Waals surface area (Å²) in [7, 11) is -2.29. The third-order valence-electron chi connectivity index (χ3n) is 2.77. The highest BCUT2D eigenvalue weighted by molar-refractivity contribution is 9.11. The summed E-state index contributed by atoms with van der Waals surface area (Å²) in [6.07, 6.45) is 0. The Labute approximate surface area is 135 Å². The molecule has 0 bridgehead atoms. The molecular weight excluding hydrogens is 378 g/mol. The molecule has 2 aromatic rings. The molecule has 21 heavy (non-hydrogen) atoms. The highest BCUT2D eigenvalue weighted by Gasteiger charge is 2.19. The fraction of sp³-hybridized carbons (Fsp3) is 0.231. The number of rotatable bonds is 6. The standard InChI is InChI=1S/C13H14BrNO4S2/c1-19-11-6-9(8-16)2-4-12(11)21(17,18)15-7-10-3-5-13(14)20-10/h2-6,15-16H,7-8H2,1H3. The first-order valence-corrected chi connectivity index (χ1v) is 9.07. The molecule has 0 amide bonds.